The first-order valence-electron chi connectivity index (χ1n) is 8.89. The zero-order chi connectivity index (χ0) is 17.2. The summed E-state index contributed by atoms with van der Waals surface area (Å²) in [5.74, 6) is 1.78. The first-order chi connectivity index (χ1) is 11.5. The molecule has 24 heavy (non-hydrogen) atoms. The summed E-state index contributed by atoms with van der Waals surface area (Å²) < 4.78 is 11.2. The van der Waals surface area contributed by atoms with Crippen LogP contribution in [0.15, 0.2) is 18.2 Å². The average Bonchev–Trinajstić information content (AvgIpc) is 2.59. The molecule has 2 unspecified atom stereocenters. The van der Waals surface area contributed by atoms with Crippen molar-refractivity contribution in [3.63, 3.8) is 0 Å². The molecule has 1 aromatic rings. The zero-order valence-electron chi connectivity index (χ0n) is 14.6. The van der Waals surface area contributed by atoms with Crippen LogP contribution in [0.4, 0.5) is 0 Å². The Morgan fingerprint density at radius 3 is 2.75 bits per heavy atom. The molecule has 0 aromatic heterocycles. The van der Waals surface area contributed by atoms with Gasteiger partial charge in [0, 0.05) is 23.9 Å². The molecule has 0 saturated heterocycles. The molecule has 0 spiro atoms. The molecule has 1 amide bonds. The van der Waals surface area contributed by atoms with Gasteiger partial charge in [-0.15, -0.1) is 0 Å². The van der Waals surface area contributed by atoms with Gasteiger partial charge in [0.05, 0.1) is 0 Å². The van der Waals surface area contributed by atoms with E-state index in [0.717, 1.165) is 42.7 Å². The van der Waals surface area contributed by atoms with Gasteiger partial charge in [-0.05, 0) is 37.0 Å². The minimum absolute atomic E-state index is 0.0600. The molecule has 1 saturated carbocycles. The summed E-state index contributed by atoms with van der Waals surface area (Å²) >= 11 is 0. The average molecular weight is 332 g/mol. The quantitative estimate of drug-likeness (QED) is 0.888. The summed E-state index contributed by atoms with van der Waals surface area (Å²) in [6.07, 6.45) is 3.83. The summed E-state index contributed by atoms with van der Waals surface area (Å²) in [5.41, 5.74) is 6.95. The van der Waals surface area contributed by atoms with Crippen LogP contribution in [-0.4, -0.2) is 31.7 Å². The summed E-state index contributed by atoms with van der Waals surface area (Å²) in [7, 11) is 0. The Morgan fingerprint density at radius 1 is 1.25 bits per heavy atom. The van der Waals surface area contributed by atoms with Crippen molar-refractivity contribution >= 4 is 5.91 Å². The first-order valence-corrected chi connectivity index (χ1v) is 8.89. The third kappa shape index (κ3) is 3.83. The maximum absolute atomic E-state index is 12.4. The number of benzene rings is 1. The fourth-order valence-corrected chi connectivity index (χ4v) is 3.48. The van der Waals surface area contributed by atoms with Gasteiger partial charge >= 0.3 is 0 Å². The predicted octanol–water partition coefficient (Wildman–Crippen LogP) is 2.37. The number of nitrogens with one attached hydrogen (secondary N) is 1. The van der Waals surface area contributed by atoms with Crippen LogP contribution in [0.2, 0.25) is 0 Å². The van der Waals surface area contributed by atoms with Gasteiger partial charge in [0.15, 0.2) is 11.5 Å². The summed E-state index contributed by atoms with van der Waals surface area (Å²) in [5, 5.41) is 3.13. The Kier molecular flexibility index (Phi) is 4.99. The van der Waals surface area contributed by atoms with Crippen LogP contribution in [-0.2, 0) is 10.2 Å². The fraction of sp³-hybridized carbons (Fsp3) is 0.632. The maximum atomic E-state index is 12.4. The highest BCUT2D eigenvalue weighted by Gasteiger charge is 2.28. The van der Waals surface area contributed by atoms with Crippen molar-refractivity contribution in [2.45, 2.75) is 51.0 Å². The van der Waals surface area contributed by atoms with E-state index in [1.54, 1.807) is 0 Å². The van der Waals surface area contributed by atoms with E-state index in [0.29, 0.717) is 19.8 Å². The van der Waals surface area contributed by atoms with Gasteiger partial charge in [0.2, 0.25) is 5.91 Å². The van der Waals surface area contributed by atoms with E-state index < -0.39 is 0 Å². The lowest BCUT2D eigenvalue weighted by atomic mass is 9.83. The van der Waals surface area contributed by atoms with Crippen LogP contribution >= 0.6 is 0 Å². The van der Waals surface area contributed by atoms with E-state index in [2.05, 4.69) is 25.2 Å². The van der Waals surface area contributed by atoms with Crippen LogP contribution in [0.5, 0.6) is 11.5 Å². The van der Waals surface area contributed by atoms with Crippen molar-refractivity contribution in [3.05, 3.63) is 23.8 Å². The molecule has 1 aromatic carbocycles. The molecule has 3 N–H and O–H groups in total. The van der Waals surface area contributed by atoms with E-state index in [9.17, 15) is 4.79 Å². The third-order valence-corrected chi connectivity index (χ3v) is 5.11. The van der Waals surface area contributed by atoms with Crippen LogP contribution in [0, 0.1) is 5.92 Å². The Morgan fingerprint density at radius 2 is 2.00 bits per heavy atom. The number of nitrogens with two attached hydrogens (primary N) is 1. The van der Waals surface area contributed by atoms with E-state index in [1.807, 2.05) is 12.1 Å². The SMILES string of the molecule is CC(C)(CNC(=O)C1CCCC(N)C1)c1ccc2c(c1)OCCO2. The summed E-state index contributed by atoms with van der Waals surface area (Å²) in [4.78, 5) is 12.4. The molecule has 2 aliphatic rings. The largest absolute Gasteiger partial charge is 0.486 e. The van der Waals surface area contributed by atoms with Crippen molar-refractivity contribution in [2.24, 2.45) is 11.7 Å². The number of carbonyl (C=O) groups excluding carboxylic acids is 1. The molecule has 2 atom stereocenters. The van der Waals surface area contributed by atoms with E-state index in [4.69, 9.17) is 15.2 Å². The second-order valence-electron chi connectivity index (χ2n) is 7.58. The lowest BCUT2D eigenvalue weighted by molar-refractivity contribution is -0.126. The Bertz CT molecular complexity index is 600. The van der Waals surface area contributed by atoms with Crippen LogP contribution < -0.4 is 20.5 Å². The van der Waals surface area contributed by atoms with Gasteiger partial charge in [-0.3, -0.25) is 4.79 Å². The lowest BCUT2D eigenvalue weighted by Crippen LogP contribution is -2.42. The zero-order valence-corrected chi connectivity index (χ0v) is 14.6. The maximum Gasteiger partial charge on any atom is 0.223 e. The molecule has 1 aliphatic heterocycles. The van der Waals surface area contributed by atoms with Crippen LogP contribution in [0.25, 0.3) is 0 Å². The molecule has 0 bridgehead atoms. The van der Waals surface area contributed by atoms with Gasteiger partial charge in [-0.25, -0.2) is 0 Å². The Labute approximate surface area is 143 Å². The minimum atomic E-state index is -0.178. The molecule has 3 rings (SSSR count). The van der Waals surface area contributed by atoms with Gasteiger partial charge in [-0.2, -0.15) is 0 Å². The van der Waals surface area contributed by atoms with E-state index in [-0.39, 0.29) is 23.3 Å². The monoisotopic (exact) mass is 332 g/mol. The highest BCUT2D eigenvalue weighted by Crippen LogP contribution is 2.35. The fourth-order valence-electron chi connectivity index (χ4n) is 3.48. The highest BCUT2D eigenvalue weighted by atomic mass is 16.6. The number of ether oxygens (including phenoxy) is 2. The highest BCUT2D eigenvalue weighted by molar-refractivity contribution is 5.78. The molecule has 5 heteroatoms. The molecule has 1 aliphatic carbocycles. The molecule has 0 radical (unpaired) electrons. The van der Waals surface area contributed by atoms with Gasteiger partial charge in [-0.1, -0.05) is 26.3 Å². The molecular formula is C19H28N2O3. The Balaban J connectivity index is 1.62. The molecular weight excluding hydrogens is 304 g/mol. The smallest absolute Gasteiger partial charge is 0.223 e. The van der Waals surface area contributed by atoms with Gasteiger partial charge in [0.1, 0.15) is 13.2 Å². The van der Waals surface area contributed by atoms with E-state index in [1.165, 1.54) is 0 Å². The van der Waals surface area contributed by atoms with Crippen molar-refractivity contribution in [2.75, 3.05) is 19.8 Å². The minimum Gasteiger partial charge on any atom is -0.486 e. The Hall–Kier alpha value is -1.75. The van der Waals surface area contributed by atoms with Gasteiger partial charge < -0.3 is 20.5 Å². The van der Waals surface area contributed by atoms with Crippen molar-refractivity contribution < 1.29 is 14.3 Å². The topological polar surface area (TPSA) is 73.6 Å². The van der Waals surface area contributed by atoms with Crippen molar-refractivity contribution in [1.82, 2.24) is 5.32 Å². The number of fused-ring (bicyclic) bond motifs is 1. The first kappa shape index (κ1) is 17.1. The van der Waals surface area contributed by atoms with Crippen molar-refractivity contribution in [3.8, 4) is 11.5 Å². The van der Waals surface area contributed by atoms with Crippen molar-refractivity contribution in [1.29, 1.82) is 0 Å². The summed E-state index contributed by atoms with van der Waals surface area (Å²) in [6.45, 7) is 6.03. The number of carbonyl (C=O) groups is 1. The van der Waals surface area contributed by atoms with Crippen LogP contribution in [0.3, 0.4) is 0 Å². The second kappa shape index (κ2) is 7.01. The third-order valence-electron chi connectivity index (χ3n) is 5.11. The molecule has 1 fully saturated rings. The standard InChI is InChI=1S/C19H28N2O3/c1-19(2,12-21-18(22)13-4-3-5-15(20)10-13)14-6-7-16-17(11-14)24-9-8-23-16/h6-7,11,13,15H,3-5,8-10,12,20H2,1-2H3,(H,21,22). The molecule has 1 heterocycles. The van der Waals surface area contributed by atoms with Crippen LogP contribution in [0.1, 0.15) is 45.1 Å². The predicted molar refractivity (Wildman–Crippen MR) is 93.4 cm³/mol. The number of hydrogen-bond acceptors (Lipinski definition) is 4. The molecule has 132 valence electrons. The number of amides is 1. The number of hydrogen-bond donors (Lipinski definition) is 2. The normalized spacial score (nSPS) is 23.6. The second-order valence-corrected chi connectivity index (χ2v) is 7.58. The lowest BCUT2D eigenvalue weighted by Gasteiger charge is -2.30. The summed E-state index contributed by atoms with van der Waals surface area (Å²) in [6, 6.07) is 6.20. The number of rotatable bonds is 4. The van der Waals surface area contributed by atoms with Gasteiger partial charge in [0.25, 0.3) is 0 Å². The molecule has 5 nitrogen and oxygen atoms in total. The van der Waals surface area contributed by atoms with E-state index >= 15 is 0 Å².